The van der Waals surface area contributed by atoms with E-state index in [2.05, 4.69) is 5.32 Å². The van der Waals surface area contributed by atoms with Gasteiger partial charge in [0.1, 0.15) is 0 Å². The molecule has 0 aliphatic heterocycles. The topological polar surface area (TPSA) is 55.1 Å². The van der Waals surface area contributed by atoms with E-state index >= 15 is 0 Å². The molecule has 3 N–H and O–H groups in total. The molecule has 3 nitrogen and oxygen atoms in total. The summed E-state index contributed by atoms with van der Waals surface area (Å²) in [6.07, 6.45) is 0.783. The van der Waals surface area contributed by atoms with Gasteiger partial charge in [-0.3, -0.25) is 4.79 Å². The number of rotatable bonds is 4. The molecule has 0 fully saturated rings. The molecule has 90 valence electrons. The van der Waals surface area contributed by atoms with E-state index in [4.69, 9.17) is 17.3 Å². The molecule has 1 aromatic carbocycles. The molecule has 1 amide bonds. The van der Waals surface area contributed by atoms with Crippen LogP contribution in [-0.2, 0) is 0 Å². The molecule has 0 atom stereocenters. The van der Waals surface area contributed by atoms with Crippen molar-refractivity contribution in [2.24, 2.45) is 5.73 Å². The number of benzene rings is 1. The summed E-state index contributed by atoms with van der Waals surface area (Å²) >= 11 is 5.92. The summed E-state index contributed by atoms with van der Waals surface area (Å²) in [5.74, 6) is -0.106. The van der Waals surface area contributed by atoms with Gasteiger partial charge in [0.25, 0.3) is 5.91 Å². The molecule has 0 heterocycles. The molecule has 0 saturated carbocycles. The zero-order valence-corrected chi connectivity index (χ0v) is 10.7. The number of hydrogen-bond donors (Lipinski definition) is 2. The molecule has 16 heavy (non-hydrogen) atoms. The fourth-order valence-electron chi connectivity index (χ4n) is 1.14. The molecule has 0 aliphatic carbocycles. The summed E-state index contributed by atoms with van der Waals surface area (Å²) in [4.78, 5) is 11.6. The monoisotopic (exact) mass is 262 g/mol. The van der Waals surface area contributed by atoms with E-state index in [0.29, 0.717) is 23.7 Å². The Labute approximate surface area is 107 Å². The highest BCUT2D eigenvalue weighted by atomic mass is 35.5. The minimum Gasteiger partial charge on any atom is -0.352 e. The van der Waals surface area contributed by atoms with Crippen LogP contribution < -0.4 is 11.1 Å². The van der Waals surface area contributed by atoms with Gasteiger partial charge in [-0.05, 0) is 37.6 Å². The van der Waals surface area contributed by atoms with Crippen LogP contribution >= 0.6 is 24.0 Å². The summed E-state index contributed by atoms with van der Waals surface area (Å²) in [5, 5.41) is 3.38. The number of hydrogen-bond acceptors (Lipinski definition) is 2. The second-order valence-electron chi connectivity index (χ2n) is 3.36. The average Bonchev–Trinajstić information content (AvgIpc) is 2.22. The standard InChI is InChI=1S/C11H15ClN2O.ClH/c1-8-3-4-9(7-10(8)12)11(15)14-6-2-5-13;/h3-4,7H,2,5-6,13H2,1H3,(H,14,15);1H. The maximum atomic E-state index is 11.6. The van der Waals surface area contributed by atoms with Crippen LogP contribution in [0.15, 0.2) is 18.2 Å². The lowest BCUT2D eigenvalue weighted by molar-refractivity contribution is 0.0953. The van der Waals surface area contributed by atoms with Crippen LogP contribution in [0.1, 0.15) is 22.3 Å². The molecule has 0 aromatic heterocycles. The molecular weight excluding hydrogens is 247 g/mol. The number of amides is 1. The molecule has 1 aromatic rings. The van der Waals surface area contributed by atoms with Crippen molar-refractivity contribution < 1.29 is 4.79 Å². The van der Waals surface area contributed by atoms with Crippen LogP contribution in [0.2, 0.25) is 5.02 Å². The Balaban J connectivity index is 0.00000225. The number of nitrogens with one attached hydrogen (secondary N) is 1. The van der Waals surface area contributed by atoms with Gasteiger partial charge >= 0.3 is 0 Å². The predicted molar refractivity (Wildman–Crippen MR) is 69.4 cm³/mol. The van der Waals surface area contributed by atoms with Gasteiger partial charge in [-0.1, -0.05) is 17.7 Å². The molecule has 1 rings (SSSR count). The first-order valence-corrected chi connectivity index (χ1v) is 5.27. The largest absolute Gasteiger partial charge is 0.352 e. The summed E-state index contributed by atoms with van der Waals surface area (Å²) < 4.78 is 0. The minimum absolute atomic E-state index is 0. The first-order chi connectivity index (χ1) is 7.15. The minimum atomic E-state index is -0.106. The van der Waals surface area contributed by atoms with E-state index in [-0.39, 0.29) is 18.3 Å². The maximum absolute atomic E-state index is 11.6. The van der Waals surface area contributed by atoms with Crippen molar-refractivity contribution in [3.63, 3.8) is 0 Å². The van der Waals surface area contributed by atoms with Crippen molar-refractivity contribution in [2.45, 2.75) is 13.3 Å². The fourth-order valence-corrected chi connectivity index (χ4v) is 1.32. The number of carbonyl (C=O) groups is 1. The Morgan fingerprint density at radius 1 is 1.50 bits per heavy atom. The van der Waals surface area contributed by atoms with Crippen LogP contribution in [-0.4, -0.2) is 19.0 Å². The van der Waals surface area contributed by atoms with Gasteiger partial charge in [-0.15, -0.1) is 12.4 Å². The van der Waals surface area contributed by atoms with Crippen molar-refractivity contribution in [2.75, 3.05) is 13.1 Å². The second-order valence-corrected chi connectivity index (χ2v) is 3.77. The molecule has 0 spiro atoms. The molecule has 5 heteroatoms. The van der Waals surface area contributed by atoms with Crippen LogP contribution in [0.3, 0.4) is 0 Å². The summed E-state index contributed by atoms with van der Waals surface area (Å²) in [6, 6.07) is 5.27. The second kappa shape index (κ2) is 7.49. The van der Waals surface area contributed by atoms with Crippen molar-refractivity contribution in [3.05, 3.63) is 34.3 Å². The van der Waals surface area contributed by atoms with Gasteiger partial charge < -0.3 is 11.1 Å². The normalized spacial score (nSPS) is 9.44. The highest BCUT2D eigenvalue weighted by Crippen LogP contribution is 2.16. The highest BCUT2D eigenvalue weighted by Gasteiger charge is 2.05. The number of carbonyl (C=O) groups excluding carboxylic acids is 1. The van der Waals surface area contributed by atoms with E-state index in [0.717, 1.165) is 12.0 Å². The first-order valence-electron chi connectivity index (χ1n) is 4.89. The molecule has 0 unspecified atom stereocenters. The maximum Gasteiger partial charge on any atom is 0.251 e. The van der Waals surface area contributed by atoms with Gasteiger partial charge in [0.15, 0.2) is 0 Å². The molecular formula is C11H16Cl2N2O. The Morgan fingerprint density at radius 3 is 2.75 bits per heavy atom. The van der Waals surface area contributed by atoms with Gasteiger partial charge in [-0.25, -0.2) is 0 Å². The zero-order valence-electron chi connectivity index (χ0n) is 9.13. The van der Waals surface area contributed by atoms with Crippen LogP contribution in [0.4, 0.5) is 0 Å². The lowest BCUT2D eigenvalue weighted by atomic mass is 10.1. The summed E-state index contributed by atoms with van der Waals surface area (Å²) in [7, 11) is 0. The smallest absolute Gasteiger partial charge is 0.251 e. The lowest BCUT2D eigenvalue weighted by Gasteiger charge is -2.05. The summed E-state index contributed by atoms with van der Waals surface area (Å²) in [5.41, 5.74) is 6.88. The molecule has 0 bridgehead atoms. The zero-order chi connectivity index (χ0) is 11.3. The third-order valence-electron chi connectivity index (χ3n) is 2.10. The van der Waals surface area contributed by atoms with Gasteiger partial charge in [0.2, 0.25) is 0 Å². The number of halogens is 2. The van der Waals surface area contributed by atoms with Crippen molar-refractivity contribution >= 4 is 29.9 Å². The highest BCUT2D eigenvalue weighted by molar-refractivity contribution is 6.31. The van der Waals surface area contributed by atoms with E-state index in [9.17, 15) is 4.79 Å². The van der Waals surface area contributed by atoms with E-state index in [1.165, 1.54) is 0 Å². The Bertz CT molecular complexity index is 356. The predicted octanol–water partition coefficient (Wildman–Crippen LogP) is 2.15. The molecule has 0 aliphatic rings. The Hall–Kier alpha value is -0.770. The van der Waals surface area contributed by atoms with Crippen LogP contribution in [0.5, 0.6) is 0 Å². The fraction of sp³-hybridized carbons (Fsp3) is 0.364. The quantitative estimate of drug-likeness (QED) is 0.818. The van der Waals surface area contributed by atoms with Gasteiger partial charge in [0, 0.05) is 17.1 Å². The summed E-state index contributed by atoms with van der Waals surface area (Å²) in [6.45, 7) is 3.08. The van der Waals surface area contributed by atoms with E-state index in [1.54, 1.807) is 12.1 Å². The van der Waals surface area contributed by atoms with Crippen molar-refractivity contribution in [1.82, 2.24) is 5.32 Å². The van der Waals surface area contributed by atoms with Gasteiger partial charge in [-0.2, -0.15) is 0 Å². The Morgan fingerprint density at radius 2 is 2.19 bits per heavy atom. The van der Waals surface area contributed by atoms with Crippen molar-refractivity contribution in [1.29, 1.82) is 0 Å². The van der Waals surface area contributed by atoms with E-state index in [1.807, 2.05) is 13.0 Å². The average molecular weight is 263 g/mol. The van der Waals surface area contributed by atoms with Crippen molar-refractivity contribution in [3.8, 4) is 0 Å². The Kier molecular flexibility index (Phi) is 7.13. The van der Waals surface area contributed by atoms with E-state index < -0.39 is 0 Å². The first kappa shape index (κ1) is 15.2. The lowest BCUT2D eigenvalue weighted by Crippen LogP contribution is -2.25. The number of aryl methyl sites for hydroxylation is 1. The SMILES string of the molecule is Cc1ccc(C(=O)NCCCN)cc1Cl.Cl. The van der Waals surface area contributed by atoms with Gasteiger partial charge in [0.05, 0.1) is 0 Å². The molecule has 0 radical (unpaired) electrons. The number of nitrogens with two attached hydrogens (primary N) is 1. The third-order valence-corrected chi connectivity index (χ3v) is 2.51. The van der Waals surface area contributed by atoms with Crippen LogP contribution in [0, 0.1) is 6.92 Å². The molecule has 0 saturated heterocycles. The van der Waals surface area contributed by atoms with Crippen LogP contribution in [0.25, 0.3) is 0 Å². The third kappa shape index (κ3) is 4.39.